The van der Waals surface area contributed by atoms with Gasteiger partial charge >= 0.3 is 0 Å². The van der Waals surface area contributed by atoms with Gasteiger partial charge in [0.1, 0.15) is 0 Å². The van der Waals surface area contributed by atoms with Crippen LogP contribution in [0.25, 0.3) is 0 Å². The summed E-state index contributed by atoms with van der Waals surface area (Å²) in [4.78, 5) is 1.12. The molecule has 1 aromatic carbocycles. The average Bonchev–Trinajstić information content (AvgIpc) is 2.94. The Bertz CT molecular complexity index is 585. The monoisotopic (exact) mass is 268 g/mol. The van der Waals surface area contributed by atoms with Gasteiger partial charge in [0.15, 0.2) is 0 Å². The van der Waals surface area contributed by atoms with E-state index in [0.29, 0.717) is 0 Å². The summed E-state index contributed by atoms with van der Waals surface area (Å²) in [5.74, 6) is 6.43. The van der Waals surface area contributed by atoms with Crippen molar-refractivity contribution in [1.29, 1.82) is 0 Å². The minimum Gasteiger partial charge on any atom is -0.505 e. The second-order valence-electron chi connectivity index (χ2n) is 4.04. The molecule has 0 saturated heterocycles. The molecule has 0 bridgehead atoms. The summed E-state index contributed by atoms with van der Waals surface area (Å²) in [6, 6.07) is 12.5. The van der Waals surface area contributed by atoms with Crippen LogP contribution in [0.2, 0.25) is 0 Å². The third kappa shape index (κ3) is 4.31. The van der Waals surface area contributed by atoms with E-state index in [1.54, 1.807) is 24.7 Å². The fourth-order valence-corrected chi connectivity index (χ4v) is 2.37. The van der Waals surface area contributed by atoms with E-state index < -0.39 is 0 Å². The van der Waals surface area contributed by atoms with E-state index in [9.17, 15) is 0 Å². The molecule has 2 rings (SSSR count). The van der Waals surface area contributed by atoms with Gasteiger partial charge in [-0.2, -0.15) is 0 Å². The number of rotatable bonds is 4. The lowest BCUT2D eigenvalue weighted by Gasteiger charge is -2.03. The summed E-state index contributed by atoms with van der Waals surface area (Å²) in [7, 11) is 1.66. The van der Waals surface area contributed by atoms with Crippen molar-refractivity contribution in [2.45, 2.75) is 12.8 Å². The van der Waals surface area contributed by atoms with E-state index in [2.05, 4.69) is 36.1 Å². The number of allylic oxidation sites excluding steroid dienone is 1. The maximum absolute atomic E-state index is 4.93. The van der Waals surface area contributed by atoms with E-state index >= 15 is 0 Å². The van der Waals surface area contributed by atoms with Crippen LogP contribution >= 0.6 is 11.3 Å². The number of methoxy groups -OCH3 is 1. The van der Waals surface area contributed by atoms with Gasteiger partial charge in [0.25, 0.3) is 0 Å². The molecular formula is C17H16OS. The number of benzene rings is 1. The number of thiophene rings is 1. The molecule has 0 saturated carbocycles. The summed E-state index contributed by atoms with van der Waals surface area (Å²) in [5.41, 5.74) is 2.59. The predicted molar refractivity (Wildman–Crippen MR) is 81.2 cm³/mol. The highest BCUT2D eigenvalue weighted by Crippen LogP contribution is 2.11. The highest BCUT2D eigenvalue weighted by molar-refractivity contribution is 7.10. The summed E-state index contributed by atoms with van der Waals surface area (Å²) in [6.45, 7) is 0. The Morgan fingerprint density at radius 3 is 2.74 bits per heavy atom. The minimum atomic E-state index is 0.787. The topological polar surface area (TPSA) is 9.23 Å². The molecule has 2 aromatic rings. The molecule has 0 atom stereocenters. The molecule has 0 aliphatic carbocycles. The standard InChI is InChI=1S/C17H16OS/c1-18-13-5-10-16-8-3-2-7-15(16)9-4-11-17-12-6-14-19-17/h2-3,5-8,12-14H,9-10H2,1H3. The molecule has 1 heterocycles. The predicted octanol–water partition coefficient (Wildman–Crippen LogP) is 4.04. The summed E-state index contributed by atoms with van der Waals surface area (Å²) in [5, 5.41) is 2.05. The quantitative estimate of drug-likeness (QED) is 0.600. The van der Waals surface area contributed by atoms with E-state index in [-0.39, 0.29) is 0 Å². The second-order valence-corrected chi connectivity index (χ2v) is 4.98. The number of hydrogen-bond donors (Lipinski definition) is 0. The van der Waals surface area contributed by atoms with Gasteiger partial charge in [0, 0.05) is 6.42 Å². The van der Waals surface area contributed by atoms with Gasteiger partial charge < -0.3 is 4.74 Å². The maximum Gasteiger partial charge on any atom is 0.0788 e. The van der Waals surface area contributed by atoms with E-state index in [1.807, 2.05) is 23.6 Å². The summed E-state index contributed by atoms with van der Waals surface area (Å²) >= 11 is 1.68. The lowest BCUT2D eigenvalue weighted by molar-refractivity contribution is 0.337. The van der Waals surface area contributed by atoms with Crippen LogP contribution in [0.3, 0.4) is 0 Å². The van der Waals surface area contributed by atoms with Crippen molar-refractivity contribution in [3.05, 3.63) is 70.1 Å². The minimum absolute atomic E-state index is 0.787. The van der Waals surface area contributed by atoms with Gasteiger partial charge in [-0.25, -0.2) is 0 Å². The molecule has 0 radical (unpaired) electrons. The van der Waals surface area contributed by atoms with Gasteiger partial charge in [0.2, 0.25) is 0 Å². The van der Waals surface area contributed by atoms with Crippen molar-refractivity contribution < 1.29 is 4.74 Å². The van der Waals surface area contributed by atoms with Gasteiger partial charge in [-0.3, -0.25) is 0 Å². The molecule has 0 N–H and O–H groups in total. The Kier molecular flexibility index (Phi) is 5.28. The van der Waals surface area contributed by atoms with Gasteiger partial charge in [0.05, 0.1) is 18.2 Å². The fraction of sp³-hybridized carbons (Fsp3) is 0.176. The van der Waals surface area contributed by atoms with Crippen LogP contribution in [0, 0.1) is 11.8 Å². The van der Waals surface area contributed by atoms with E-state index in [1.165, 1.54) is 11.1 Å². The molecule has 0 fully saturated rings. The SMILES string of the molecule is COC=CCc1ccccc1CC#Cc1cccs1. The van der Waals surface area contributed by atoms with Crippen LogP contribution in [-0.4, -0.2) is 7.11 Å². The molecule has 0 unspecified atom stereocenters. The van der Waals surface area contributed by atoms with E-state index in [4.69, 9.17) is 4.74 Å². The van der Waals surface area contributed by atoms with Crippen LogP contribution in [0.1, 0.15) is 16.0 Å². The zero-order chi connectivity index (χ0) is 13.3. The molecule has 1 aromatic heterocycles. The van der Waals surface area contributed by atoms with Crippen molar-refractivity contribution >= 4 is 11.3 Å². The lowest BCUT2D eigenvalue weighted by atomic mass is 10.0. The highest BCUT2D eigenvalue weighted by Gasteiger charge is 1.98. The Morgan fingerprint density at radius 1 is 1.16 bits per heavy atom. The van der Waals surface area contributed by atoms with Crippen LogP contribution in [0.4, 0.5) is 0 Å². The van der Waals surface area contributed by atoms with Crippen LogP contribution in [0.5, 0.6) is 0 Å². The zero-order valence-electron chi connectivity index (χ0n) is 10.9. The molecule has 19 heavy (non-hydrogen) atoms. The zero-order valence-corrected chi connectivity index (χ0v) is 11.7. The molecule has 2 heteroatoms. The van der Waals surface area contributed by atoms with Gasteiger partial charge in [-0.05, 0) is 35.1 Å². The smallest absolute Gasteiger partial charge is 0.0788 e. The lowest BCUT2D eigenvalue weighted by Crippen LogP contribution is -1.91. The molecular weight excluding hydrogens is 252 g/mol. The Hall–Kier alpha value is -1.98. The van der Waals surface area contributed by atoms with Crippen LogP contribution in [-0.2, 0) is 17.6 Å². The third-order valence-corrected chi connectivity index (χ3v) is 3.49. The second kappa shape index (κ2) is 7.45. The van der Waals surface area contributed by atoms with Crippen LogP contribution < -0.4 is 0 Å². The Balaban J connectivity index is 2.05. The molecule has 0 aliphatic heterocycles. The molecule has 1 nitrogen and oxygen atoms in total. The fourth-order valence-electron chi connectivity index (χ4n) is 1.78. The number of ether oxygens (including phenoxy) is 1. The summed E-state index contributed by atoms with van der Waals surface area (Å²) in [6.07, 6.45) is 5.40. The van der Waals surface area contributed by atoms with Crippen molar-refractivity contribution in [3.63, 3.8) is 0 Å². The van der Waals surface area contributed by atoms with Crippen molar-refractivity contribution in [2.75, 3.05) is 7.11 Å². The first-order valence-corrected chi connectivity index (χ1v) is 7.05. The first-order valence-electron chi connectivity index (χ1n) is 6.17. The first-order chi connectivity index (χ1) is 9.40. The van der Waals surface area contributed by atoms with E-state index in [0.717, 1.165) is 17.7 Å². The highest BCUT2D eigenvalue weighted by atomic mass is 32.1. The first kappa shape index (κ1) is 13.5. The summed E-state index contributed by atoms with van der Waals surface area (Å²) < 4.78 is 4.93. The molecule has 96 valence electrons. The molecule has 0 aliphatic rings. The van der Waals surface area contributed by atoms with Crippen molar-refractivity contribution in [3.8, 4) is 11.8 Å². The maximum atomic E-state index is 4.93. The van der Waals surface area contributed by atoms with Gasteiger partial charge in [-0.15, -0.1) is 11.3 Å². The molecule has 0 spiro atoms. The van der Waals surface area contributed by atoms with Crippen molar-refractivity contribution in [1.82, 2.24) is 0 Å². The van der Waals surface area contributed by atoms with Gasteiger partial charge in [-0.1, -0.05) is 42.2 Å². The number of hydrogen-bond acceptors (Lipinski definition) is 2. The third-order valence-electron chi connectivity index (χ3n) is 2.70. The largest absolute Gasteiger partial charge is 0.505 e. The Morgan fingerprint density at radius 2 is 2.00 bits per heavy atom. The van der Waals surface area contributed by atoms with Crippen molar-refractivity contribution in [2.24, 2.45) is 0 Å². The Labute approximate surface area is 118 Å². The normalized spacial score (nSPS) is 10.2. The average molecular weight is 268 g/mol. The molecule has 0 amide bonds. The van der Waals surface area contributed by atoms with Crippen LogP contribution in [0.15, 0.2) is 54.1 Å².